The third kappa shape index (κ3) is 10.2. The molecule has 0 aliphatic carbocycles. The van der Waals surface area contributed by atoms with Gasteiger partial charge in [0.25, 0.3) is 0 Å². The summed E-state index contributed by atoms with van der Waals surface area (Å²) in [5, 5.41) is 23.0. The molecule has 0 unspecified atom stereocenters. The number of ether oxygens (including phenoxy) is 4. The fraction of sp³-hybridized carbons (Fsp3) is 0.500. The van der Waals surface area contributed by atoms with Gasteiger partial charge in [-0.3, -0.25) is 20.2 Å². The number of amides is 3. The van der Waals surface area contributed by atoms with Crippen LogP contribution in [0.4, 0.5) is 9.59 Å². The molecule has 1 atom stereocenters. The molecule has 234 valence electrons. The van der Waals surface area contributed by atoms with E-state index in [0.29, 0.717) is 32.0 Å². The monoisotopic (exact) mass is 598 g/mol. The summed E-state index contributed by atoms with van der Waals surface area (Å²) in [6.45, 7) is 9.73. The highest BCUT2D eigenvalue weighted by molar-refractivity contribution is 5.95. The molecule has 0 bridgehead atoms. The molecule has 1 aliphatic heterocycles. The molecule has 13 heteroatoms. The molecule has 0 spiro atoms. The van der Waals surface area contributed by atoms with E-state index in [4.69, 9.17) is 29.8 Å². The van der Waals surface area contributed by atoms with E-state index >= 15 is 0 Å². The summed E-state index contributed by atoms with van der Waals surface area (Å²) in [6.07, 6.45) is -1.29. The Morgan fingerprint density at radius 2 is 1.65 bits per heavy atom. The topological polar surface area (TPSA) is 168 Å². The summed E-state index contributed by atoms with van der Waals surface area (Å²) in [6, 6.07) is 13.1. The van der Waals surface area contributed by atoms with Crippen LogP contribution in [-0.4, -0.2) is 83.5 Å². The molecule has 3 amide bonds. The molecule has 1 aromatic carbocycles. The third-order valence-corrected chi connectivity index (χ3v) is 6.34. The molecule has 43 heavy (non-hydrogen) atoms. The molecule has 2 aromatic rings. The first-order valence-electron chi connectivity index (χ1n) is 14.0. The van der Waals surface area contributed by atoms with Crippen LogP contribution in [0.5, 0.6) is 0 Å². The number of morpholine rings is 1. The zero-order valence-corrected chi connectivity index (χ0v) is 25.4. The van der Waals surface area contributed by atoms with E-state index in [1.54, 1.807) is 32.9 Å². The number of rotatable bonds is 10. The molecular weight excluding hydrogens is 556 g/mol. The van der Waals surface area contributed by atoms with Crippen molar-refractivity contribution in [3.63, 3.8) is 0 Å². The number of benzene rings is 1. The van der Waals surface area contributed by atoms with Gasteiger partial charge in [0.1, 0.15) is 35.1 Å². The Bertz CT molecular complexity index is 1330. The summed E-state index contributed by atoms with van der Waals surface area (Å²) in [5.74, 6) is -0.780. The maximum absolute atomic E-state index is 13.4. The van der Waals surface area contributed by atoms with E-state index in [1.165, 1.54) is 29.4 Å². The second-order valence-electron chi connectivity index (χ2n) is 11.6. The Balaban J connectivity index is 1.81. The van der Waals surface area contributed by atoms with E-state index < -0.39 is 35.3 Å². The average Bonchev–Trinajstić information content (AvgIpc) is 2.94. The highest BCUT2D eigenvalue weighted by atomic mass is 16.6. The molecule has 0 saturated carbocycles. The summed E-state index contributed by atoms with van der Waals surface area (Å²) in [5.41, 5.74) is -0.980. The lowest BCUT2D eigenvalue weighted by molar-refractivity contribution is -0.127. The first kappa shape index (κ1) is 33.3. The lowest BCUT2D eigenvalue weighted by Gasteiger charge is -2.30. The fourth-order valence-electron chi connectivity index (χ4n) is 4.09. The van der Waals surface area contributed by atoms with Crippen LogP contribution >= 0.6 is 0 Å². The van der Waals surface area contributed by atoms with E-state index in [2.05, 4.69) is 10.6 Å². The minimum atomic E-state index is -1.41. The van der Waals surface area contributed by atoms with Crippen molar-refractivity contribution in [2.75, 3.05) is 32.9 Å². The Morgan fingerprint density at radius 3 is 2.30 bits per heavy atom. The zero-order chi connectivity index (χ0) is 31.6. The number of nitrogens with zero attached hydrogens (tertiary/aromatic N) is 2. The van der Waals surface area contributed by atoms with Crippen molar-refractivity contribution < 1.29 is 33.3 Å². The van der Waals surface area contributed by atoms with Gasteiger partial charge in [-0.1, -0.05) is 36.4 Å². The fourth-order valence-corrected chi connectivity index (χ4v) is 4.09. The molecular formula is C30H42N6O7. The first-order chi connectivity index (χ1) is 20.3. The normalized spacial score (nSPS) is 14.4. The minimum Gasteiger partial charge on any atom is -0.444 e. The second-order valence-corrected chi connectivity index (χ2v) is 11.6. The smallest absolute Gasteiger partial charge is 0.410 e. The molecule has 1 fully saturated rings. The average molecular weight is 599 g/mol. The molecule has 1 aliphatic rings. The molecule has 1 aromatic heterocycles. The van der Waals surface area contributed by atoms with Crippen LogP contribution in [0.1, 0.15) is 45.9 Å². The standard InChI is InChI=1S/C30H42N6O7/c1-29(2,3)43-27(38)34-30(4,5)26(37)33-23(20-41-18-21-10-7-6-8-11-21)25(32)36-22(12-9-13-24(36)31)19-42-28(39)35-14-16-40-17-15-35/h6-13,23,31-32H,14-20H2,1-5H3,(H,33,37)(H,34,38)/t23-/m1/s1. The maximum atomic E-state index is 13.4. The second kappa shape index (κ2) is 14.8. The van der Waals surface area contributed by atoms with Crippen LogP contribution < -0.4 is 16.1 Å². The number of nitrogens with one attached hydrogen (secondary N) is 4. The Kier molecular flexibility index (Phi) is 11.4. The van der Waals surface area contributed by atoms with E-state index in [0.717, 1.165) is 5.56 Å². The molecule has 3 rings (SSSR count). The predicted molar refractivity (Wildman–Crippen MR) is 157 cm³/mol. The van der Waals surface area contributed by atoms with E-state index in [9.17, 15) is 14.4 Å². The quantitative estimate of drug-likeness (QED) is 0.241. The van der Waals surface area contributed by atoms with Gasteiger partial charge in [0.05, 0.1) is 32.1 Å². The molecule has 13 nitrogen and oxygen atoms in total. The third-order valence-electron chi connectivity index (χ3n) is 6.34. The summed E-state index contributed by atoms with van der Waals surface area (Å²) >= 11 is 0. The summed E-state index contributed by atoms with van der Waals surface area (Å²) in [7, 11) is 0. The van der Waals surface area contributed by atoms with Gasteiger partial charge in [0, 0.05) is 13.1 Å². The Morgan fingerprint density at radius 1 is 0.977 bits per heavy atom. The number of hydrogen-bond donors (Lipinski definition) is 4. The SMILES string of the molecule is CC(C)(C)OC(=O)NC(C)(C)C(=O)N[C@H](COCc1ccccc1)C(=N)n1c(COC(=O)N2CCOCC2)cccc1=N. The van der Waals surface area contributed by atoms with Gasteiger partial charge in [-0.2, -0.15) is 0 Å². The lowest BCUT2D eigenvalue weighted by Crippen LogP contribution is -2.60. The van der Waals surface area contributed by atoms with E-state index in [-0.39, 0.29) is 31.1 Å². The maximum Gasteiger partial charge on any atom is 0.410 e. The number of carbonyl (C=O) groups is 3. The number of alkyl carbamates (subject to hydrolysis) is 1. The van der Waals surface area contributed by atoms with Gasteiger partial charge >= 0.3 is 12.2 Å². The zero-order valence-electron chi connectivity index (χ0n) is 25.4. The highest BCUT2D eigenvalue weighted by Gasteiger charge is 2.34. The molecule has 0 radical (unpaired) electrons. The number of carbonyl (C=O) groups excluding carboxylic acids is 3. The van der Waals surface area contributed by atoms with Crippen LogP contribution in [0.2, 0.25) is 0 Å². The molecule has 4 N–H and O–H groups in total. The number of pyridine rings is 1. The minimum absolute atomic E-state index is 0.0571. The van der Waals surface area contributed by atoms with Gasteiger partial charge in [0.15, 0.2) is 0 Å². The van der Waals surface area contributed by atoms with Crippen molar-refractivity contribution in [2.24, 2.45) is 0 Å². The first-order valence-corrected chi connectivity index (χ1v) is 14.0. The molecule has 2 heterocycles. The Labute approximate surface area is 251 Å². The van der Waals surface area contributed by atoms with Gasteiger partial charge < -0.3 is 34.5 Å². The van der Waals surface area contributed by atoms with Crippen LogP contribution in [0, 0.1) is 10.8 Å². The van der Waals surface area contributed by atoms with Crippen molar-refractivity contribution >= 4 is 23.9 Å². The lowest BCUT2D eigenvalue weighted by atomic mass is 10.0. The van der Waals surface area contributed by atoms with Gasteiger partial charge in [-0.15, -0.1) is 0 Å². The van der Waals surface area contributed by atoms with Crippen molar-refractivity contribution in [1.82, 2.24) is 20.1 Å². The summed E-state index contributed by atoms with van der Waals surface area (Å²) < 4.78 is 23.3. The van der Waals surface area contributed by atoms with Gasteiger partial charge in [0.2, 0.25) is 5.91 Å². The van der Waals surface area contributed by atoms with Crippen molar-refractivity contribution in [2.45, 2.75) is 65.0 Å². The number of hydrogen-bond acceptors (Lipinski definition) is 9. The van der Waals surface area contributed by atoms with Crippen LogP contribution in [0.15, 0.2) is 48.5 Å². The van der Waals surface area contributed by atoms with Crippen LogP contribution in [-0.2, 0) is 37.0 Å². The Hall–Kier alpha value is -4.23. The van der Waals surface area contributed by atoms with Crippen molar-refractivity contribution in [3.05, 3.63) is 65.3 Å². The van der Waals surface area contributed by atoms with Crippen LogP contribution in [0.3, 0.4) is 0 Å². The number of aromatic nitrogens is 1. The van der Waals surface area contributed by atoms with Gasteiger partial charge in [-0.05, 0) is 52.3 Å². The predicted octanol–water partition coefficient (Wildman–Crippen LogP) is 2.77. The molecule has 1 saturated heterocycles. The van der Waals surface area contributed by atoms with Crippen LogP contribution in [0.25, 0.3) is 0 Å². The van der Waals surface area contributed by atoms with Crippen molar-refractivity contribution in [1.29, 1.82) is 10.8 Å². The van der Waals surface area contributed by atoms with Crippen molar-refractivity contribution in [3.8, 4) is 0 Å². The summed E-state index contributed by atoms with van der Waals surface area (Å²) in [4.78, 5) is 40.0. The van der Waals surface area contributed by atoms with Gasteiger partial charge in [-0.25, -0.2) is 9.59 Å². The largest absolute Gasteiger partial charge is 0.444 e. The highest BCUT2D eigenvalue weighted by Crippen LogP contribution is 2.12. The van der Waals surface area contributed by atoms with E-state index in [1.807, 2.05) is 30.3 Å².